The second-order valence-electron chi connectivity index (χ2n) is 5.69. The van der Waals surface area contributed by atoms with E-state index in [1.807, 2.05) is 26.0 Å². The third-order valence-electron chi connectivity index (χ3n) is 3.45. The van der Waals surface area contributed by atoms with Gasteiger partial charge in [0.25, 0.3) is 0 Å². The molecule has 0 aliphatic heterocycles. The summed E-state index contributed by atoms with van der Waals surface area (Å²) in [6.07, 6.45) is 1.79. The fourth-order valence-electron chi connectivity index (χ4n) is 2.13. The molecule has 1 rings (SSSR count). The number of ether oxygens (including phenoxy) is 1. The predicted octanol–water partition coefficient (Wildman–Crippen LogP) is 1.49. The molecule has 0 spiro atoms. The molecule has 1 aromatic carbocycles. The van der Waals surface area contributed by atoms with Gasteiger partial charge in [-0.1, -0.05) is 12.1 Å². The number of nitrogens with one attached hydrogen (secondary N) is 2. The van der Waals surface area contributed by atoms with Crippen LogP contribution in [0.2, 0.25) is 0 Å². The zero-order valence-electron chi connectivity index (χ0n) is 14.5. The first-order valence-corrected chi connectivity index (χ1v) is 9.59. The normalized spacial score (nSPS) is 13.5. The Hall–Kier alpha value is -1.76. The topological polar surface area (TPSA) is 79.8 Å². The molecule has 0 radical (unpaired) electrons. The van der Waals surface area contributed by atoms with Gasteiger partial charge >= 0.3 is 0 Å². The van der Waals surface area contributed by atoms with E-state index in [4.69, 9.17) is 4.74 Å². The van der Waals surface area contributed by atoms with Gasteiger partial charge in [-0.15, -0.1) is 0 Å². The Kier molecular flexibility index (Phi) is 7.35. The molecule has 1 aromatic rings. The van der Waals surface area contributed by atoms with Crippen molar-refractivity contribution < 1.29 is 13.2 Å². The minimum absolute atomic E-state index is 0.0218. The average Bonchev–Trinajstić information content (AvgIpc) is 2.48. The van der Waals surface area contributed by atoms with Crippen molar-refractivity contribution in [3.05, 3.63) is 29.3 Å². The standard InChI is InChI=1S/C16H27N3O3S/c1-12-10-14(6-7-15(12)22-4)11-18-16(17-3)19-13(2)8-9-23(5,20)21/h6-7,10,13H,8-9,11H2,1-5H3,(H2,17,18,19). The Morgan fingerprint density at radius 2 is 2.09 bits per heavy atom. The van der Waals surface area contributed by atoms with E-state index in [1.165, 1.54) is 6.26 Å². The molecule has 0 aliphatic carbocycles. The maximum Gasteiger partial charge on any atom is 0.191 e. The maximum absolute atomic E-state index is 11.2. The summed E-state index contributed by atoms with van der Waals surface area (Å²) in [6, 6.07) is 6.02. The lowest BCUT2D eigenvalue weighted by Gasteiger charge is -2.18. The van der Waals surface area contributed by atoms with E-state index >= 15 is 0 Å². The van der Waals surface area contributed by atoms with Gasteiger partial charge in [0.15, 0.2) is 5.96 Å². The Morgan fingerprint density at radius 3 is 2.61 bits per heavy atom. The zero-order chi connectivity index (χ0) is 17.5. The molecule has 7 heteroatoms. The second-order valence-corrected chi connectivity index (χ2v) is 7.95. The van der Waals surface area contributed by atoms with Crippen molar-refractivity contribution in [3.63, 3.8) is 0 Å². The Labute approximate surface area is 139 Å². The van der Waals surface area contributed by atoms with Gasteiger partial charge in [0.1, 0.15) is 15.6 Å². The van der Waals surface area contributed by atoms with Crippen LogP contribution in [0.1, 0.15) is 24.5 Å². The molecule has 0 fully saturated rings. The van der Waals surface area contributed by atoms with Crippen LogP contribution >= 0.6 is 0 Å². The summed E-state index contributed by atoms with van der Waals surface area (Å²) in [5, 5.41) is 6.42. The summed E-state index contributed by atoms with van der Waals surface area (Å²) >= 11 is 0. The van der Waals surface area contributed by atoms with Crippen LogP contribution in [-0.2, 0) is 16.4 Å². The number of aliphatic imine (C=N–C) groups is 1. The minimum Gasteiger partial charge on any atom is -0.496 e. The number of aryl methyl sites for hydroxylation is 1. The van der Waals surface area contributed by atoms with Crippen LogP contribution in [0.5, 0.6) is 5.75 Å². The van der Waals surface area contributed by atoms with Crippen molar-refractivity contribution in [1.82, 2.24) is 10.6 Å². The molecule has 130 valence electrons. The maximum atomic E-state index is 11.2. The van der Waals surface area contributed by atoms with Crippen LogP contribution in [-0.4, -0.2) is 46.6 Å². The molecule has 0 saturated heterocycles. The summed E-state index contributed by atoms with van der Waals surface area (Å²) in [6.45, 7) is 4.57. The third-order valence-corrected chi connectivity index (χ3v) is 4.42. The van der Waals surface area contributed by atoms with Crippen molar-refractivity contribution in [3.8, 4) is 5.75 Å². The average molecular weight is 341 g/mol. The smallest absolute Gasteiger partial charge is 0.191 e. The highest BCUT2D eigenvalue weighted by atomic mass is 32.2. The Morgan fingerprint density at radius 1 is 1.39 bits per heavy atom. The van der Waals surface area contributed by atoms with Gasteiger partial charge in [0.2, 0.25) is 0 Å². The van der Waals surface area contributed by atoms with Gasteiger partial charge in [0.05, 0.1) is 12.9 Å². The van der Waals surface area contributed by atoms with Crippen molar-refractivity contribution in [2.24, 2.45) is 4.99 Å². The highest BCUT2D eigenvalue weighted by Crippen LogP contribution is 2.18. The molecule has 0 heterocycles. The zero-order valence-corrected chi connectivity index (χ0v) is 15.3. The fourth-order valence-corrected chi connectivity index (χ4v) is 2.91. The number of nitrogens with zero attached hydrogens (tertiary/aromatic N) is 1. The number of methoxy groups -OCH3 is 1. The van der Waals surface area contributed by atoms with Gasteiger partial charge in [0, 0.05) is 25.9 Å². The highest BCUT2D eigenvalue weighted by Gasteiger charge is 2.09. The SMILES string of the molecule is CN=C(NCc1ccc(OC)c(C)c1)NC(C)CCS(C)(=O)=O. The number of guanidine groups is 1. The van der Waals surface area contributed by atoms with Crippen molar-refractivity contribution in [2.45, 2.75) is 32.9 Å². The predicted molar refractivity (Wildman–Crippen MR) is 94.9 cm³/mol. The van der Waals surface area contributed by atoms with E-state index in [-0.39, 0.29) is 11.8 Å². The first kappa shape index (κ1) is 19.3. The van der Waals surface area contributed by atoms with E-state index in [0.29, 0.717) is 18.9 Å². The molecule has 23 heavy (non-hydrogen) atoms. The summed E-state index contributed by atoms with van der Waals surface area (Å²) in [5.74, 6) is 1.68. The van der Waals surface area contributed by atoms with E-state index in [0.717, 1.165) is 16.9 Å². The largest absolute Gasteiger partial charge is 0.496 e. The lowest BCUT2D eigenvalue weighted by atomic mass is 10.1. The number of sulfone groups is 1. The van der Waals surface area contributed by atoms with Crippen LogP contribution in [0.4, 0.5) is 0 Å². The van der Waals surface area contributed by atoms with E-state index in [2.05, 4.69) is 21.7 Å². The fraction of sp³-hybridized carbons (Fsp3) is 0.562. The molecule has 0 bridgehead atoms. The first-order chi connectivity index (χ1) is 10.7. The molecule has 0 amide bonds. The quantitative estimate of drug-likeness (QED) is 0.580. The highest BCUT2D eigenvalue weighted by molar-refractivity contribution is 7.90. The summed E-state index contributed by atoms with van der Waals surface area (Å²) in [5.41, 5.74) is 2.20. The first-order valence-electron chi connectivity index (χ1n) is 7.53. The Bertz CT molecular complexity index is 642. The molecule has 6 nitrogen and oxygen atoms in total. The molecule has 1 atom stereocenters. The minimum atomic E-state index is -2.94. The summed E-state index contributed by atoms with van der Waals surface area (Å²) < 4.78 is 27.7. The molecule has 0 aromatic heterocycles. The van der Waals surface area contributed by atoms with Gasteiger partial charge in [-0.25, -0.2) is 8.42 Å². The second kappa shape index (κ2) is 8.76. The number of benzene rings is 1. The van der Waals surface area contributed by atoms with E-state index in [9.17, 15) is 8.42 Å². The number of rotatable bonds is 7. The lowest BCUT2D eigenvalue weighted by Crippen LogP contribution is -2.42. The van der Waals surface area contributed by atoms with Crippen LogP contribution in [0.3, 0.4) is 0 Å². The monoisotopic (exact) mass is 341 g/mol. The van der Waals surface area contributed by atoms with Crippen LogP contribution in [0.25, 0.3) is 0 Å². The Balaban J connectivity index is 2.52. The third kappa shape index (κ3) is 7.36. The molecule has 1 unspecified atom stereocenters. The van der Waals surface area contributed by atoms with Crippen LogP contribution in [0, 0.1) is 6.92 Å². The molecule has 2 N–H and O–H groups in total. The van der Waals surface area contributed by atoms with Crippen LogP contribution < -0.4 is 15.4 Å². The van der Waals surface area contributed by atoms with Gasteiger partial charge in [-0.2, -0.15) is 0 Å². The molecule has 0 aliphatic rings. The van der Waals surface area contributed by atoms with Gasteiger partial charge < -0.3 is 15.4 Å². The number of hydrogen-bond acceptors (Lipinski definition) is 4. The molecular weight excluding hydrogens is 314 g/mol. The lowest BCUT2D eigenvalue weighted by molar-refractivity contribution is 0.411. The van der Waals surface area contributed by atoms with Crippen molar-refractivity contribution in [2.75, 3.05) is 26.2 Å². The summed E-state index contributed by atoms with van der Waals surface area (Å²) in [4.78, 5) is 4.16. The van der Waals surface area contributed by atoms with Gasteiger partial charge in [-0.3, -0.25) is 4.99 Å². The molecule has 0 saturated carbocycles. The van der Waals surface area contributed by atoms with Crippen molar-refractivity contribution >= 4 is 15.8 Å². The van der Waals surface area contributed by atoms with E-state index < -0.39 is 9.84 Å². The molecular formula is C16H27N3O3S. The van der Waals surface area contributed by atoms with E-state index in [1.54, 1.807) is 14.2 Å². The summed E-state index contributed by atoms with van der Waals surface area (Å²) in [7, 11) is 0.408. The van der Waals surface area contributed by atoms with Crippen LogP contribution in [0.15, 0.2) is 23.2 Å². The van der Waals surface area contributed by atoms with Gasteiger partial charge in [-0.05, 0) is 37.5 Å². The number of hydrogen-bond donors (Lipinski definition) is 2. The van der Waals surface area contributed by atoms with Crippen molar-refractivity contribution in [1.29, 1.82) is 0 Å².